The average Bonchev–Trinajstić information content (AvgIpc) is 2.68. The second-order valence-corrected chi connectivity index (χ2v) is 2.67. The summed E-state index contributed by atoms with van der Waals surface area (Å²) in [5.74, 6) is 0. The Bertz CT molecular complexity index is 156. The van der Waals surface area contributed by atoms with Crippen LogP contribution in [0.15, 0.2) is 25.7 Å². The maximum absolute atomic E-state index is 7.33. The van der Waals surface area contributed by atoms with E-state index < -0.39 is 0 Å². The molecule has 84 valence electrons. The standard InChI is InChI=1S/C9H14O2.C2H4O.U/c1-3-8(10-4-2)9-6-5-7-11-9;1-2-3;/h4,6,8-9H,1-3,5,7H2;2-3H,1H2;/q-2;;+2. The minimum atomic E-state index is 0. The SMILES string of the molecule is C=CO.C=COC(C[CH2-])C1[CH-]CCO1.[U+2]. The van der Waals surface area contributed by atoms with E-state index in [1.165, 1.54) is 6.26 Å². The van der Waals surface area contributed by atoms with E-state index in [-0.39, 0.29) is 43.3 Å². The zero-order chi connectivity index (χ0) is 10.8. The molecule has 0 aromatic rings. The van der Waals surface area contributed by atoms with E-state index in [1.54, 1.807) is 0 Å². The first-order valence-electron chi connectivity index (χ1n) is 4.55. The maximum atomic E-state index is 7.33. The summed E-state index contributed by atoms with van der Waals surface area (Å²) in [6.45, 7) is 11.0. The Balaban J connectivity index is 0. The second kappa shape index (κ2) is 12.2. The number of aliphatic hydroxyl groups is 1. The van der Waals surface area contributed by atoms with Crippen molar-refractivity contribution in [1.29, 1.82) is 0 Å². The molecule has 0 bridgehead atoms. The molecule has 1 heterocycles. The van der Waals surface area contributed by atoms with Crippen LogP contribution in [0.1, 0.15) is 12.8 Å². The summed E-state index contributed by atoms with van der Waals surface area (Å²) in [5, 5.41) is 7.33. The van der Waals surface area contributed by atoms with Gasteiger partial charge in [-0.05, 0) is 6.10 Å². The molecule has 1 fully saturated rings. The Hall–Kier alpha value is 0.0919. The molecule has 1 rings (SSSR count). The summed E-state index contributed by atoms with van der Waals surface area (Å²) >= 11 is 0. The van der Waals surface area contributed by atoms with Crippen LogP contribution in [0.25, 0.3) is 0 Å². The number of hydrogen-bond acceptors (Lipinski definition) is 3. The van der Waals surface area contributed by atoms with E-state index in [0.29, 0.717) is 6.42 Å². The van der Waals surface area contributed by atoms with Crippen LogP contribution in [0.4, 0.5) is 0 Å². The Morgan fingerprint density at radius 3 is 2.60 bits per heavy atom. The molecule has 15 heavy (non-hydrogen) atoms. The van der Waals surface area contributed by atoms with Crippen molar-refractivity contribution in [3.8, 4) is 0 Å². The van der Waals surface area contributed by atoms with Gasteiger partial charge in [-0.2, -0.15) is 6.42 Å². The van der Waals surface area contributed by atoms with Crippen molar-refractivity contribution in [2.75, 3.05) is 6.61 Å². The van der Waals surface area contributed by atoms with E-state index in [0.717, 1.165) is 19.3 Å². The fraction of sp³-hybridized carbons (Fsp3) is 0.455. The predicted octanol–water partition coefficient (Wildman–Crippen LogP) is 2.42. The van der Waals surface area contributed by atoms with Crippen LogP contribution in [0, 0.1) is 44.5 Å². The summed E-state index contributed by atoms with van der Waals surface area (Å²) in [7, 11) is 0. The van der Waals surface area contributed by atoms with E-state index in [4.69, 9.17) is 14.6 Å². The molecule has 1 saturated heterocycles. The molecule has 0 amide bonds. The van der Waals surface area contributed by atoms with Crippen molar-refractivity contribution in [2.45, 2.75) is 25.0 Å². The third kappa shape index (κ3) is 7.96. The van der Waals surface area contributed by atoms with Gasteiger partial charge in [-0.1, -0.05) is 13.2 Å². The summed E-state index contributed by atoms with van der Waals surface area (Å²) in [5.41, 5.74) is 0. The normalized spacial score (nSPS) is 20.2. The van der Waals surface area contributed by atoms with Gasteiger partial charge in [-0.3, -0.25) is 6.42 Å². The van der Waals surface area contributed by atoms with Gasteiger partial charge in [0.2, 0.25) is 0 Å². The van der Waals surface area contributed by atoms with Gasteiger partial charge >= 0.3 is 31.1 Å². The average molecular weight is 436 g/mol. The van der Waals surface area contributed by atoms with Gasteiger partial charge in [0, 0.05) is 6.61 Å². The first-order chi connectivity index (χ1) is 6.79. The zero-order valence-electron chi connectivity index (χ0n) is 8.89. The Labute approximate surface area is 116 Å². The van der Waals surface area contributed by atoms with Gasteiger partial charge in [-0.15, -0.1) is 6.42 Å². The van der Waals surface area contributed by atoms with Crippen molar-refractivity contribution < 1.29 is 45.7 Å². The monoisotopic (exact) mass is 436 g/mol. The van der Waals surface area contributed by atoms with Crippen LogP contribution in [0.2, 0.25) is 0 Å². The van der Waals surface area contributed by atoms with Gasteiger partial charge < -0.3 is 21.5 Å². The Morgan fingerprint density at radius 2 is 2.27 bits per heavy atom. The molecule has 1 aliphatic heterocycles. The van der Waals surface area contributed by atoms with Crippen LogP contribution in [-0.4, -0.2) is 23.9 Å². The minimum Gasteiger partial charge on any atom is -0.516 e. The number of aliphatic hydroxyl groups excluding tert-OH is 1. The molecule has 1 aliphatic rings. The van der Waals surface area contributed by atoms with Crippen LogP contribution < -0.4 is 0 Å². The molecule has 0 spiro atoms. The molecule has 0 aromatic carbocycles. The first-order valence-corrected chi connectivity index (χ1v) is 4.55. The third-order valence-electron chi connectivity index (χ3n) is 1.75. The van der Waals surface area contributed by atoms with E-state index >= 15 is 0 Å². The molecule has 3 nitrogen and oxygen atoms in total. The summed E-state index contributed by atoms with van der Waals surface area (Å²) in [6, 6.07) is 0. The molecule has 0 saturated carbocycles. The molecule has 1 N–H and O–H groups in total. The van der Waals surface area contributed by atoms with Crippen LogP contribution >= 0.6 is 0 Å². The maximum Gasteiger partial charge on any atom is 2.00 e. The first kappa shape index (κ1) is 17.5. The molecule has 4 heteroatoms. The van der Waals surface area contributed by atoms with Crippen molar-refractivity contribution in [3.05, 3.63) is 39.0 Å². The number of hydrogen-bond donors (Lipinski definition) is 1. The van der Waals surface area contributed by atoms with Crippen molar-refractivity contribution in [3.63, 3.8) is 0 Å². The van der Waals surface area contributed by atoms with Gasteiger partial charge in [0.15, 0.2) is 0 Å². The molecular formula is C11H18O3U. The Kier molecular flexibility index (Phi) is 14.2. The zero-order valence-corrected chi connectivity index (χ0v) is 13.1. The summed E-state index contributed by atoms with van der Waals surface area (Å²) in [6.07, 6.45) is 6.22. The van der Waals surface area contributed by atoms with Crippen molar-refractivity contribution >= 4 is 0 Å². The number of ether oxygens (including phenoxy) is 2. The van der Waals surface area contributed by atoms with Crippen molar-refractivity contribution in [2.24, 2.45) is 0 Å². The van der Waals surface area contributed by atoms with Crippen LogP contribution in [0.5, 0.6) is 0 Å². The summed E-state index contributed by atoms with van der Waals surface area (Å²) in [4.78, 5) is 0. The predicted molar refractivity (Wildman–Crippen MR) is 56.5 cm³/mol. The van der Waals surface area contributed by atoms with Gasteiger partial charge in [-0.25, -0.2) is 0 Å². The van der Waals surface area contributed by atoms with E-state index in [2.05, 4.69) is 26.5 Å². The minimum absolute atomic E-state index is 0. The van der Waals surface area contributed by atoms with Crippen molar-refractivity contribution in [1.82, 2.24) is 0 Å². The fourth-order valence-electron chi connectivity index (χ4n) is 1.20. The van der Waals surface area contributed by atoms with Gasteiger partial charge in [0.25, 0.3) is 0 Å². The third-order valence-corrected chi connectivity index (χ3v) is 1.75. The topological polar surface area (TPSA) is 38.7 Å². The Morgan fingerprint density at radius 1 is 1.67 bits per heavy atom. The molecule has 2 unspecified atom stereocenters. The number of rotatable bonds is 4. The molecule has 0 aliphatic carbocycles. The van der Waals surface area contributed by atoms with E-state index in [9.17, 15) is 0 Å². The van der Waals surface area contributed by atoms with Crippen LogP contribution in [0.3, 0.4) is 0 Å². The van der Waals surface area contributed by atoms with E-state index in [1.807, 2.05) is 0 Å². The summed E-state index contributed by atoms with van der Waals surface area (Å²) < 4.78 is 10.6. The second-order valence-electron chi connectivity index (χ2n) is 2.67. The molecular weight excluding hydrogens is 418 g/mol. The van der Waals surface area contributed by atoms with Crippen LogP contribution in [-0.2, 0) is 9.47 Å². The molecule has 2 atom stereocenters. The largest absolute Gasteiger partial charge is 2.00 e. The van der Waals surface area contributed by atoms with Gasteiger partial charge in [0.05, 0.1) is 18.6 Å². The molecule has 0 aromatic heterocycles. The quantitative estimate of drug-likeness (QED) is 0.544. The molecule has 0 radical (unpaired) electrons. The fourth-order valence-corrected chi connectivity index (χ4v) is 1.20. The van der Waals surface area contributed by atoms with Gasteiger partial charge in [0.1, 0.15) is 0 Å². The smallest absolute Gasteiger partial charge is 0.516 e.